The Bertz CT molecular complexity index is 764. The topological polar surface area (TPSA) is 65.1 Å². The molecule has 3 rings (SSSR count). The smallest absolute Gasteiger partial charge is 0.150 e. The van der Waals surface area contributed by atoms with Crippen LogP contribution in [0.15, 0.2) is 18.2 Å². The molecular formula is C20H24O5. The van der Waals surface area contributed by atoms with Crippen LogP contribution in [0.2, 0.25) is 0 Å². The monoisotopic (exact) mass is 344 g/mol. The van der Waals surface area contributed by atoms with Gasteiger partial charge < -0.3 is 14.2 Å². The molecule has 1 aromatic carbocycles. The molecule has 2 fully saturated rings. The Morgan fingerprint density at radius 2 is 1.88 bits per heavy atom. The minimum absolute atomic E-state index is 0.199. The minimum atomic E-state index is -0.652. The number of carbonyl (C=O) groups is 2. The second-order valence-corrected chi connectivity index (χ2v) is 7.40. The average Bonchev–Trinajstić information content (AvgIpc) is 3.24. The summed E-state index contributed by atoms with van der Waals surface area (Å²) >= 11 is 0. The fraction of sp³-hybridized carbons (Fsp3) is 0.500. The van der Waals surface area contributed by atoms with Gasteiger partial charge >= 0.3 is 0 Å². The number of epoxide rings is 1. The molecule has 1 saturated heterocycles. The van der Waals surface area contributed by atoms with Crippen molar-refractivity contribution in [3.63, 3.8) is 0 Å². The zero-order valence-electron chi connectivity index (χ0n) is 15.3. The molecule has 1 saturated carbocycles. The van der Waals surface area contributed by atoms with Crippen LogP contribution in [0.4, 0.5) is 0 Å². The van der Waals surface area contributed by atoms with Gasteiger partial charge in [-0.2, -0.15) is 0 Å². The molecule has 25 heavy (non-hydrogen) atoms. The summed E-state index contributed by atoms with van der Waals surface area (Å²) in [5.41, 5.74) is -0.495. The number of benzene rings is 1. The van der Waals surface area contributed by atoms with Crippen molar-refractivity contribution >= 4 is 18.1 Å². The Hall–Kier alpha value is -2.14. The third-order valence-electron chi connectivity index (χ3n) is 5.80. The lowest BCUT2D eigenvalue weighted by Gasteiger charge is -2.35. The van der Waals surface area contributed by atoms with E-state index in [0.717, 1.165) is 6.29 Å². The van der Waals surface area contributed by atoms with Crippen molar-refractivity contribution in [1.29, 1.82) is 0 Å². The third-order valence-corrected chi connectivity index (χ3v) is 5.80. The van der Waals surface area contributed by atoms with Gasteiger partial charge in [0.15, 0.2) is 6.29 Å². The zero-order chi connectivity index (χ0) is 18.5. The highest BCUT2D eigenvalue weighted by atomic mass is 16.6. The number of fused-ring (bicyclic) bond motifs is 1. The van der Waals surface area contributed by atoms with E-state index >= 15 is 0 Å². The van der Waals surface area contributed by atoms with Gasteiger partial charge in [0.05, 0.1) is 19.6 Å². The lowest BCUT2D eigenvalue weighted by atomic mass is 9.63. The number of carbonyl (C=O) groups excluding carboxylic acids is 2. The van der Waals surface area contributed by atoms with E-state index in [2.05, 4.69) is 0 Å². The van der Waals surface area contributed by atoms with E-state index in [1.54, 1.807) is 19.2 Å². The van der Waals surface area contributed by atoms with Crippen molar-refractivity contribution < 1.29 is 23.8 Å². The summed E-state index contributed by atoms with van der Waals surface area (Å²) in [6.07, 6.45) is 5.76. The Kier molecular flexibility index (Phi) is 4.03. The number of Topliss-reactive ketones (excluding diaryl/α,β-unsaturated/α-hetero) is 1. The fourth-order valence-electron chi connectivity index (χ4n) is 4.03. The third kappa shape index (κ3) is 2.41. The minimum Gasteiger partial charge on any atom is -0.497 e. The summed E-state index contributed by atoms with van der Waals surface area (Å²) in [5.74, 6) is 1.29. The van der Waals surface area contributed by atoms with Crippen molar-refractivity contribution in [1.82, 2.24) is 0 Å². The van der Waals surface area contributed by atoms with Gasteiger partial charge in [-0.15, -0.1) is 0 Å². The predicted molar refractivity (Wildman–Crippen MR) is 94.2 cm³/mol. The Morgan fingerprint density at radius 1 is 1.16 bits per heavy atom. The lowest BCUT2D eigenvalue weighted by Crippen LogP contribution is -2.47. The second kappa shape index (κ2) is 5.70. The highest BCUT2D eigenvalue weighted by Gasteiger charge is 2.75. The molecule has 2 aliphatic rings. The molecule has 0 radical (unpaired) electrons. The first-order valence-electron chi connectivity index (χ1n) is 8.38. The summed E-state index contributed by atoms with van der Waals surface area (Å²) in [6, 6.07) is 3.39. The molecule has 0 unspecified atom stereocenters. The first-order valence-corrected chi connectivity index (χ1v) is 8.38. The van der Waals surface area contributed by atoms with Crippen LogP contribution in [-0.4, -0.2) is 37.5 Å². The van der Waals surface area contributed by atoms with Gasteiger partial charge in [-0.1, -0.05) is 6.08 Å². The van der Waals surface area contributed by atoms with Gasteiger partial charge in [-0.05, 0) is 39.3 Å². The molecule has 1 aromatic rings. The van der Waals surface area contributed by atoms with Crippen molar-refractivity contribution in [2.24, 2.45) is 5.41 Å². The van der Waals surface area contributed by atoms with Gasteiger partial charge in [0.1, 0.15) is 28.5 Å². The summed E-state index contributed by atoms with van der Waals surface area (Å²) in [7, 11) is 3.09. The van der Waals surface area contributed by atoms with E-state index in [4.69, 9.17) is 14.2 Å². The Labute approximate surface area is 148 Å². The molecule has 0 bridgehead atoms. The highest BCUT2D eigenvalue weighted by molar-refractivity contribution is 5.90. The van der Waals surface area contributed by atoms with E-state index in [1.807, 2.05) is 32.9 Å². The predicted octanol–water partition coefficient (Wildman–Crippen LogP) is 3.45. The number of hydrogen-bond acceptors (Lipinski definition) is 5. The summed E-state index contributed by atoms with van der Waals surface area (Å²) < 4.78 is 16.7. The standard InChI is InChI=1S/C20H24O5/c1-18(2)17(22)7-8-19(3)20(18,25-19)9-6-15-13(12-21)10-14(23-4)11-16(15)24-5/h6,9-12H,7-8H2,1-5H3/b9-6-/t19-,20+/m1/s1. The molecule has 134 valence electrons. The maximum absolute atomic E-state index is 12.4. The first kappa shape index (κ1) is 17.7. The van der Waals surface area contributed by atoms with Crippen molar-refractivity contribution in [3.05, 3.63) is 29.3 Å². The first-order chi connectivity index (χ1) is 11.7. The van der Waals surface area contributed by atoms with E-state index in [1.165, 1.54) is 7.11 Å². The van der Waals surface area contributed by atoms with Crippen LogP contribution in [0.1, 0.15) is 49.5 Å². The highest BCUT2D eigenvalue weighted by Crippen LogP contribution is 2.65. The fourth-order valence-corrected chi connectivity index (χ4v) is 4.03. The molecule has 0 aromatic heterocycles. The molecule has 2 atom stereocenters. The summed E-state index contributed by atoms with van der Waals surface area (Å²) in [4.78, 5) is 23.9. The van der Waals surface area contributed by atoms with E-state index in [0.29, 0.717) is 35.5 Å². The molecule has 0 spiro atoms. The molecule has 1 aliphatic carbocycles. The molecule has 0 N–H and O–H groups in total. The quantitative estimate of drug-likeness (QED) is 0.605. The number of methoxy groups -OCH3 is 2. The van der Waals surface area contributed by atoms with Gasteiger partial charge in [-0.3, -0.25) is 9.59 Å². The lowest BCUT2D eigenvalue weighted by molar-refractivity contribution is -0.130. The van der Waals surface area contributed by atoms with Crippen LogP contribution in [0.3, 0.4) is 0 Å². The van der Waals surface area contributed by atoms with E-state index in [-0.39, 0.29) is 11.4 Å². The molecule has 5 nitrogen and oxygen atoms in total. The summed E-state index contributed by atoms with van der Waals surface area (Å²) in [6.45, 7) is 5.89. The number of ketones is 1. The molecular weight excluding hydrogens is 320 g/mol. The van der Waals surface area contributed by atoms with Crippen LogP contribution in [0.25, 0.3) is 6.08 Å². The van der Waals surface area contributed by atoms with Crippen LogP contribution in [0, 0.1) is 5.41 Å². The maximum atomic E-state index is 12.4. The van der Waals surface area contributed by atoms with Crippen LogP contribution in [0.5, 0.6) is 11.5 Å². The van der Waals surface area contributed by atoms with Gasteiger partial charge in [-0.25, -0.2) is 0 Å². The normalized spacial score (nSPS) is 30.0. The molecule has 1 aliphatic heterocycles. The van der Waals surface area contributed by atoms with Gasteiger partial charge in [0.25, 0.3) is 0 Å². The van der Waals surface area contributed by atoms with Crippen molar-refractivity contribution in [2.45, 2.75) is 44.8 Å². The number of ether oxygens (including phenoxy) is 3. The SMILES string of the molecule is COc1cc(C=O)c(/C=C\[C@@]23O[C@]2(C)CCC(=O)C3(C)C)c(OC)c1. The number of aldehydes is 1. The van der Waals surface area contributed by atoms with Crippen molar-refractivity contribution in [3.8, 4) is 11.5 Å². The molecule has 1 heterocycles. The van der Waals surface area contributed by atoms with E-state index in [9.17, 15) is 9.59 Å². The second-order valence-electron chi connectivity index (χ2n) is 7.40. The number of hydrogen-bond donors (Lipinski definition) is 0. The van der Waals surface area contributed by atoms with Crippen LogP contribution >= 0.6 is 0 Å². The van der Waals surface area contributed by atoms with Gasteiger partial charge in [0.2, 0.25) is 0 Å². The molecule has 0 amide bonds. The van der Waals surface area contributed by atoms with Crippen molar-refractivity contribution in [2.75, 3.05) is 14.2 Å². The number of rotatable bonds is 5. The summed E-state index contributed by atoms with van der Waals surface area (Å²) in [5, 5.41) is 0. The average molecular weight is 344 g/mol. The van der Waals surface area contributed by atoms with Gasteiger partial charge in [0, 0.05) is 23.6 Å². The van der Waals surface area contributed by atoms with Crippen LogP contribution < -0.4 is 9.47 Å². The Balaban J connectivity index is 2.06. The Morgan fingerprint density at radius 3 is 2.48 bits per heavy atom. The van der Waals surface area contributed by atoms with E-state index < -0.39 is 11.0 Å². The maximum Gasteiger partial charge on any atom is 0.150 e. The van der Waals surface area contributed by atoms with Crippen LogP contribution in [-0.2, 0) is 9.53 Å². The zero-order valence-corrected chi connectivity index (χ0v) is 15.3. The largest absolute Gasteiger partial charge is 0.497 e. The molecule has 5 heteroatoms.